The van der Waals surface area contributed by atoms with Crippen molar-refractivity contribution in [1.29, 1.82) is 0 Å². The van der Waals surface area contributed by atoms with Crippen LogP contribution in [-0.2, 0) is 11.2 Å². The van der Waals surface area contributed by atoms with Crippen molar-refractivity contribution >= 4 is 22.4 Å². The number of anilines is 1. The molecule has 2 N–H and O–H groups in total. The number of aliphatic carboxylic acids is 1. The topological polar surface area (TPSA) is 62.2 Å². The van der Waals surface area contributed by atoms with Crippen LogP contribution in [0, 0.1) is 5.41 Å². The third kappa shape index (κ3) is 2.12. The van der Waals surface area contributed by atoms with E-state index in [0.717, 1.165) is 30.1 Å². The maximum Gasteiger partial charge on any atom is 0.311 e. The number of aromatic nitrogens is 1. The van der Waals surface area contributed by atoms with Gasteiger partial charge in [0.15, 0.2) is 5.13 Å². The van der Waals surface area contributed by atoms with Crippen molar-refractivity contribution in [2.45, 2.75) is 26.2 Å². The number of hydrogen-bond acceptors (Lipinski definition) is 4. The summed E-state index contributed by atoms with van der Waals surface area (Å²) < 4.78 is 0. The third-order valence-electron chi connectivity index (χ3n) is 2.80. The number of carbonyl (C=O) groups is 1. The quantitative estimate of drug-likeness (QED) is 0.806. The lowest BCUT2D eigenvalue weighted by Gasteiger charge is -2.09. The van der Waals surface area contributed by atoms with Gasteiger partial charge in [0.25, 0.3) is 0 Å². The van der Waals surface area contributed by atoms with Gasteiger partial charge in [0.2, 0.25) is 0 Å². The summed E-state index contributed by atoms with van der Waals surface area (Å²) in [7, 11) is 0. The fourth-order valence-electron chi connectivity index (χ4n) is 1.41. The molecule has 1 aliphatic rings. The Kier molecular flexibility index (Phi) is 2.65. The first-order valence-corrected chi connectivity index (χ1v) is 5.96. The van der Waals surface area contributed by atoms with E-state index < -0.39 is 11.4 Å². The minimum Gasteiger partial charge on any atom is -0.481 e. The second kappa shape index (κ2) is 3.81. The number of thiazole rings is 1. The number of hydrogen-bond donors (Lipinski definition) is 2. The molecule has 0 radical (unpaired) electrons. The van der Waals surface area contributed by atoms with Crippen LogP contribution in [0.2, 0.25) is 0 Å². The van der Waals surface area contributed by atoms with Gasteiger partial charge in [-0.25, -0.2) is 4.98 Å². The molecule has 82 valence electrons. The summed E-state index contributed by atoms with van der Waals surface area (Å²) >= 11 is 1.54. The molecular formula is C10H14N2O2S. The van der Waals surface area contributed by atoms with E-state index in [-0.39, 0.29) is 0 Å². The molecule has 2 rings (SSSR count). The van der Waals surface area contributed by atoms with Gasteiger partial charge in [-0.3, -0.25) is 4.79 Å². The average molecular weight is 226 g/mol. The van der Waals surface area contributed by atoms with Crippen LogP contribution >= 0.6 is 11.3 Å². The van der Waals surface area contributed by atoms with Crippen LogP contribution in [-0.4, -0.2) is 22.6 Å². The van der Waals surface area contributed by atoms with Crippen molar-refractivity contribution in [1.82, 2.24) is 4.98 Å². The highest BCUT2D eigenvalue weighted by atomic mass is 32.1. The van der Waals surface area contributed by atoms with E-state index in [4.69, 9.17) is 5.11 Å². The number of carboxylic acid groups (broad SMARTS) is 1. The van der Waals surface area contributed by atoms with E-state index in [0.29, 0.717) is 6.54 Å². The second-order valence-electron chi connectivity index (χ2n) is 3.94. The maximum atomic E-state index is 10.9. The minimum atomic E-state index is -0.692. The van der Waals surface area contributed by atoms with Gasteiger partial charge in [-0.1, -0.05) is 6.92 Å². The largest absolute Gasteiger partial charge is 0.481 e. The van der Waals surface area contributed by atoms with E-state index in [2.05, 4.69) is 17.2 Å². The van der Waals surface area contributed by atoms with Crippen LogP contribution in [0.3, 0.4) is 0 Å². The maximum absolute atomic E-state index is 10.9. The third-order valence-corrected chi connectivity index (χ3v) is 3.65. The average Bonchev–Trinajstić information content (AvgIpc) is 2.88. The van der Waals surface area contributed by atoms with Crippen molar-refractivity contribution in [2.75, 3.05) is 11.9 Å². The smallest absolute Gasteiger partial charge is 0.311 e. The molecule has 0 bridgehead atoms. The van der Waals surface area contributed by atoms with E-state index in [9.17, 15) is 4.79 Å². The summed E-state index contributed by atoms with van der Waals surface area (Å²) in [4.78, 5) is 15.2. The van der Waals surface area contributed by atoms with E-state index in [1.165, 1.54) is 11.3 Å². The standard InChI is InChI=1S/C10H14N2O2S/c1-2-7-5-15-9(12-7)11-6-10(3-4-10)8(13)14/h5H,2-4,6H2,1H3,(H,11,12)(H,13,14). The van der Waals surface area contributed by atoms with Gasteiger partial charge in [0.05, 0.1) is 11.1 Å². The van der Waals surface area contributed by atoms with E-state index >= 15 is 0 Å². The highest BCUT2D eigenvalue weighted by Crippen LogP contribution is 2.45. The fraction of sp³-hybridized carbons (Fsp3) is 0.600. The summed E-state index contributed by atoms with van der Waals surface area (Å²) in [5.41, 5.74) is 0.542. The molecule has 1 aromatic rings. The highest BCUT2D eigenvalue weighted by Gasteiger charge is 2.50. The molecule has 1 fully saturated rings. The summed E-state index contributed by atoms with van der Waals surface area (Å²) in [6, 6.07) is 0. The Hall–Kier alpha value is -1.10. The molecule has 0 saturated heterocycles. The molecule has 0 amide bonds. The van der Waals surface area contributed by atoms with E-state index in [1.807, 2.05) is 5.38 Å². The zero-order chi connectivity index (χ0) is 10.9. The number of aryl methyl sites for hydroxylation is 1. The van der Waals surface area contributed by atoms with Crippen LogP contribution in [0.1, 0.15) is 25.5 Å². The Bertz CT molecular complexity index is 371. The number of nitrogens with zero attached hydrogens (tertiary/aromatic N) is 1. The minimum absolute atomic E-state index is 0.499. The molecule has 0 atom stereocenters. The molecule has 0 unspecified atom stereocenters. The van der Waals surface area contributed by atoms with Crippen molar-refractivity contribution in [2.24, 2.45) is 5.41 Å². The van der Waals surface area contributed by atoms with Gasteiger partial charge in [0, 0.05) is 11.9 Å². The molecule has 1 saturated carbocycles. The van der Waals surface area contributed by atoms with Crippen LogP contribution in [0.15, 0.2) is 5.38 Å². The number of rotatable bonds is 5. The Balaban J connectivity index is 1.90. The molecule has 0 aliphatic heterocycles. The molecule has 4 nitrogen and oxygen atoms in total. The van der Waals surface area contributed by atoms with Crippen molar-refractivity contribution in [3.05, 3.63) is 11.1 Å². The molecular weight excluding hydrogens is 212 g/mol. The van der Waals surface area contributed by atoms with Crippen molar-refractivity contribution < 1.29 is 9.90 Å². The van der Waals surface area contributed by atoms with Crippen LogP contribution in [0.5, 0.6) is 0 Å². The van der Waals surface area contributed by atoms with Gasteiger partial charge in [-0.05, 0) is 19.3 Å². The Morgan fingerprint density at radius 1 is 1.73 bits per heavy atom. The molecule has 1 aromatic heterocycles. The van der Waals surface area contributed by atoms with Gasteiger partial charge < -0.3 is 10.4 Å². The second-order valence-corrected chi connectivity index (χ2v) is 4.79. The molecule has 0 spiro atoms. The fourth-order valence-corrected chi connectivity index (χ4v) is 2.21. The van der Waals surface area contributed by atoms with Crippen LogP contribution < -0.4 is 5.32 Å². The lowest BCUT2D eigenvalue weighted by atomic mass is 10.1. The zero-order valence-electron chi connectivity index (χ0n) is 8.62. The molecule has 1 heterocycles. The highest BCUT2D eigenvalue weighted by molar-refractivity contribution is 7.13. The molecule has 1 aliphatic carbocycles. The van der Waals surface area contributed by atoms with Gasteiger partial charge in [-0.15, -0.1) is 11.3 Å². The predicted molar refractivity (Wildman–Crippen MR) is 59.3 cm³/mol. The first kappa shape index (κ1) is 10.4. The first-order valence-electron chi connectivity index (χ1n) is 5.08. The Morgan fingerprint density at radius 2 is 2.47 bits per heavy atom. The summed E-state index contributed by atoms with van der Waals surface area (Å²) in [6.07, 6.45) is 2.48. The summed E-state index contributed by atoms with van der Waals surface area (Å²) in [5.74, 6) is -0.692. The number of carboxylic acids is 1. The first-order chi connectivity index (χ1) is 7.16. The lowest BCUT2D eigenvalue weighted by Crippen LogP contribution is -2.24. The summed E-state index contributed by atoms with van der Waals surface area (Å²) in [6.45, 7) is 2.55. The lowest BCUT2D eigenvalue weighted by molar-refractivity contribution is -0.142. The summed E-state index contributed by atoms with van der Waals surface area (Å²) in [5, 5.41) is 14.9. The predicted octanol–water partition coefficient (Wildman–Crippen LogP) is 1.98. The van der Waals surface area contributed by atoms with Gasteiger partial charge >= 0.3 is 5.97 Å². The molecule has 0 aromatic carbocycles. The SMILES string of the molecule is CCc1csc(NCC2(C(=O)O)CC2)n1. The van der Waals surface area contributed by atoms with E-state index in [1.54, 1.807) is 0 Å². The Labute approximate surface area is 92.3 Å². The monoisotopic (exact) mass is 226 g/mol. The van der Waals surface area contributed by atoms with Crippen molar-refractivity contribution in [3.63, 3.8) is 0 Å². The van der Waals surface area contributed by atoms with Crippen molar-refractivity contribution in [3.8, 4) is 0 Å². The Morgan fingerprint density at radius 3 is 2.93 bits per heavy atom. The molecule has 15 heavy (non-hydrogen) atoms. The zero-order valence-corrected chi connectivity index (χ0v) is 9.43. The van der Waals surface area contributed by atoms with Gasteiger partial charge in [-0.2, -0.15) is 0 Å². The van der Waals surface area contributed by atoms with Crippen LogP contribution in [0.25, 0.3) is 0 Å². The van der Waals surface area contributed by atoms with Gasteiger partial charge in [0.1, 0.15) is 0 Å². The molecule has 5 heteroatoms. The number of nitrogens with one attached hydrogen (secondary N) is 1. The van der Waals surface area contributed by atoms with Crippen LogP contribution in [0.4, 0.5) is 5.13 Å². The normalized spacial score (nSPS) is 17.4.